The van der Waals surface area contributed by atoms with E-state index in [0.29, 0.717) is 21.7 Å². The minimum atomic E-state index is -0.876. The first-order chi connectivity index (χ1) is 14.0. The van der Waals surface area contributed by atoms with Gasteiger partial charge in [0.25, 0.3) is 0 Å². The fourth-order valence-electron chi connectivity index (χ4n) is 3.67. The van der Waals surface area contributed by atoms with Gasteiger partial charge in [0.15, 0.2) is 0 Å². The van der Waals surface area contributed by atoms with Gasteiger partial charge in [-0.25, -0.2) is 4.79 Å². The Kier molecular flexibility index (Phi) is 6.98. The topological polar surface area (TPSA) is 80.0 Å². The van der Waals surface area contributed by atoms with Crippen LogP contribution in [0.5, 0.6) is 0 Å². The van der Waals surface area contributed by atoms with Crippen molar-refractivity contribution < 1.29 is 9.90 Å². The Hall–Kier alpha value is -2.31. The maximum absolute atomic E-state index is 11.1. The van der Waals surface area contributed by atoms with Crippen molar-refractivity contribution in [3.8, 4) is 0 Å². The quantitative estimate of drug-likeness (QED) is 0.538. The Morgan fingerprint density at radius 2 is 1.90 bits per heavy atom. The third-order valence-corrected chi connectivity index (χ3v) is 5.71. The third-order valence-electron chi connectivity index (χ3n) is 5.14. The van der Waals surface area contributed by atoms with E-state index in [9.17, 15) is 4.79 Å². The first-order valence-electron chi connectivity index (χ1n) is 9.67. The number of carboxylic acid groups (broad SMARTS) is 1. The number of rotatable bonds is 4. The van der Waals surface area contributed by atoms with E-state index in [1.807, 2.05) is 6.07 Å². The van der Waals surface area contributed by atoms with Crippen LogP contribution in [0.1, 0.15) is 54.7 Å². The van der Waals surface area contributed by atoms with Gasteiger partial charge in [-0.05, 0) is 31.4 Å². The highest BCUT2D eigenvalue weighted by Crippen LogP contribution is 2.33. The molecule has 0 radical (unpaired) electrons. The summed E-state index contributed by atoms with van der Waals surface area (Å²) in [6.45, 7) is 2.09. The highest BCUT2D eigenvalue weighted by Gasteiger charge is 2.21. The van der Waals surface area contributed by atoms with Crippen LogP contribution in [-0.2, 0) is 6.42 Å². The normalized spacial score (nSPS) is 13.9. The number of pyridine rings is 1. The molecule has 1 aliphatic carbocycles. The fourth-order valence-corrected chi connectivity index (χ4v) is 4.23. The molecule has 0 amide bonds. The number of benzene rings is 1. The average Bonchev–Trinajstić information content (AvgIpc) is 3.35. The average molecular weight is 435 g/mol. The number of fused-ring (bicyclic) bond motifs is 1. The lowest BCUT2D eigenvalue weighted by Crippen LogP contribution is -2.07. The second-order valence-electron chi connectivity index (χ2n) is 6.95. The third kappa shape index (κ3) is 4.65. The van der Waals surface area contributed by atoms with Crippen LogP contribution in [0.4, 0.5) is 5.69 Å². The molecule has 2 heterocycles. The molecule has 154 valence electrons. The molecule has 0 spiro atoms. The SMILES string of the molecule is CCc1nn(C2CCCC2)c2cc(C(=O)O)ccc12.CNc1c(Cl)cncc1Cl. The standard InChI is InChI=1S/C15H18N2O2.C6H6Cl2N2/c1-2-13-12-8-7-10(15(18)19)9-14(12)17(16-13)11-5-3-4-6-11;1-9-6-4(7)2-10-3-5(6)8/h7-9,11H,2-6H2,1H3,(H,18,19);2-3H,1H3,(H,9,10). The molecule has 0 unspecified atom stereocenters. The number of carbonyl (C=O) groups is 1. The smallest absolute Gasteiger partial charge is 0.335 e. The van der Waals surface area contributed by atoms with Crippen LogP contribution >= 0.6 is 23.2 Å². The van der Waals surface area contributed by atoms with Gasteiger partial charge in [0.1, 0.15) is 0 Å². The molecule has 1 aliphatic rings. The summed E-state index contributed by atoms with van der Waals surface area (Å²) in [5, 5.41) is 18.9. The van der Waals surface area contributed by atoms with Crippen molar-refractivity contribution in [3.63, 3.8) is 0 Å². The first kappa shape index (κ1) is 21.4. The van der Waals surface area contributed by atoms with Gasteiger partial charge in [0.2, 0.25) is 0 Å². The summed E-state index contributed by atoms with van der Waals surface area (Å²) in [5.41, 5.74) is 3.11. The number of nitrogens with one attached hydrogen (secondary N) is 1. The predicted molar refractivity (Wildman–Crippen MR) is 117 cm³/mol. The second-order valence-corrected chi connectivity index (χ2v) is 7.76. The molecule has 8 heteroatoms. The molecule has 0 saturated heterocycles. The molecule has 0 atom stereocenters. The van der Waals surface area contributed by atoms with Gasteiger partial charge in [-0.15, -0.1) is 0 Å². The number of aromatic nitrogens is 3. The Balaban J connectivity index is 0.000000204. The van der Waals surface area contributed by atoms with Crippen molar-refractivity contribution in [2.75, 3.05) is 12.4 Å². The molecule has 1 aromatic carbocycles. The van der Waals surface area contributed by atoms with Crippen LogP contribution < -0.4 is 5.32 Å². The van der Waals surface area contributed by atoms with Crippen LogP contribution in [0.25, 0.3) is 10.9 Å². The van der Waals surface area contributed by atoms with E-state index >= 15 is 0 Å². The number of aromatic carboxylic acids is 1. The molecule has 3 aromatic rings. The molecule has 6 nitrogen and oxygen atoms in total. The van der Waals surface area contributed by atoms with Crippen LogP contribution in [0.3, 0.4) is 0 Å². The van der Waals surface area contributed by atoms with E-state index in [-0.39, 0.29) is 0 Å². The van der Waals surface area contributed by atoms with Crippen LogP contribution in [0.2, 0.25) is 10.0 Å². The lowest BCUT2D eigenvalue weighted by atomic mass is 10.1. The number of aryl methyl sites for hydroxylation is 1. The summed E-state index contributed by atoms with van der Waals surface area (Å²) >= 11 is 11.4. The molecule has 29 heavy (non-hydrogen) atoms. The Morgan fingerprint density at radius 1 is 1.24 bits per heavy atom. The minimum Gasteiger partial charge on any atom is -0.478 e. The molecule has 4 rings (SSSR count). The van der Waals surface area contributed by atoms with Crippen LogP contribution in [0, 0.1) is 0 Å². The monoisotopic (exact) mass is 434 g/mol. The molecular formula is C21H24Cl2N4O2. The van der Waals surface area contributed by atoms with Crippen molar-refractivity contribution in [3.05, 3.63) is 51.9 Å². The van der Waals surface area contributed by atoms with E-state index in [1.165, 1.54) is 12.8 Å². The van der Waals surface area contributed by atoms with Crippen LogP contribution in [0.15, 0.2) is 30.6 Å². The van der Waals surface area contributed by atoms with Gasteiger partial charge >= 0.3 is 5.97 Å². The van der Waals surface area contributed by atoms with Crippen molar-refractivity contribution in [1.29, 1.82) is 0 Å². The zero-order valence-corrected chi connectivity index (χ0v) is 18.0. The molecule has 0 aliphatic heterocycles. The van der Waals surface area contributed by atoms with E-state index in [4.69, 9.17) is 33.4 Å². The zero-order chi connectivity index (χ0) is 21.0. The fraction of sp³-hybridized carbons (Fsp3) is 0.381. The molecular weight excluding hydrogens is 411 g/mol. The highest BCUT2D eigenvalue weighted by atomic mass is 35.5. The lowest BCUT2D eigenvalue weighted by Gasteiger charge is -2.11. The highest BCUT2D eigenvalue weighted by molar-refractivity contribution is 6.38. The number of hydrogen-bond donors (Lipinski definition) is 2. The van der Waals surface area contributed by atoms with E-state index in [1.54, 1.807) is 31.6 Å². The molecule has 2 aromatic heterocycles. The van der Waals surface area contributed by atoms with Gasteiger partial charge in [-0.2, -0.15) is 5.10 Å². The van der Waals surface area contributed by atoms with Crippen LogP contribution in [-0.4, -0.2) is 32.9 Å². The summed E-state index contributed by atoms with van der Waals surface area (Å²) in [6.07, 6.45) is 8.74. The van der Waals surface area contributed by atoms with Gasteiger partial charge < -0.3 is 10.4 Å². The van der Waals surface area contributed by atoms with Gasteiger partial charge in [-0.3, -0.25) is 9.67 Å². The zero-order valence-electron chi connectivity index (χ0n) is 16.5. The van der Waals surface area contributed by atoms with Gasteiger partial charge in [0.05, 0.1) is 38.5 Å². The Bertz CT molecular complexity index is 993. The number of hydrogen-bond acceptors (Lipinski definition) is 4. The number of nitrogens with zero attached hydrogens (tertiary/aromatic N) is 3. The molecule has 2 N–H and O–H groups in total. The van der Waals surface area contributed by atoms with Crippen molar-refractivity contribution in [1.82, 2.24) is 14.8 Å². The minimum absolute atomic E-state index is 0.342. The van der Waals surface area contributed by atoms with Crippen molar-refractivity contribution in [2.24, 2.45) is 0 Å². The summed E-state index contributed by atoms with van der Waals surface area (Å²) in [6, 6.07) is 5.77. The summed E-state index contributed by atoms with van der Waals surface area (Å²) in [5.74, 6) is -0.876. The van der Waals surface area contributed by atoms with E-state index in [0.717, 1.165) is 41.5 Å². The van der Waals surface area contributed by atoms with Crippen molar-refractivity contribution in [2.45, 2.75) is 45.1 Å². The van der Waals surface area contributed by atoms with Crippen molar-refractivity contribution >= 4 is 45.8 Å². The number of halogens is 2. The molecule has 1 saturated carbocycles. The largest absolute Gasteiger partial charge is 0.478 e. The summed E-state index contributed by atoms with van der Waals surface area (Å²) in [7, 11) is 1.76. The number of anilines is 1. The van der Waals surface area contributed by atoms with E-state index < -0.39 is 5.97 Å². The second kappa shape index (κ2) is 9.46. The first-order valence-corrected chi connectivity index (χ1v) is 10.4. The summed E-state index contributed by atoms with van der Waals surface area (Å²) in [4.78, 5) is 14.9. The maximum Gasteiger partial charge on any atom is 0.335 e. The summed E-state index contributed by atoms with van der Waals surface area (Å²) < 4.78 is 2.06. The molecule has 1 fully saturated rings. The predicted octanol–water partition coefficient (Wildman–Crippen LogP) is 5.84. The van der Waals surface area contributed by atoms with Gasteiger partial charge in [-0.1, -0.05) is 49.0 Å². The van der Waals surface area contributed by atoms with Gasteiger partial charge in [0, 0.05) is 24.8 Å². The number of carboxylic acids is 1. The van der Waals surface area contributed by atoms with E-state index in [2.05, 4.69) is 21.9 Å². The maximum atomic E-state index is 11.1. The Labute approximate surface area is 179 Å². The molecule has 0 bridgehead atoms. The Morgan fingerprint density at radius 3 is 2.41 bits per heavy atom. The lowest BCUT2D eigenvalue weighted by molar-refractivity contribution is 0.0697.